The van der Waals surface area contributed by atoms with Crippen molar-refractivity contribution >= 4 is 17.7 Å². The number of nitrogens with zero attached hydrogens (tertiary/aromatic N) is 2. The normalized spacial score (nSPS) is 13.4. The number of aromatic nitrogens is 3. The highest BCUT2D eigenvalue weighted by Gasteiger charge is 2.16. The molecule has 1 heterocycles. The number of aryl methyl sites for hydroxylation is 2. The maximum Gasteiger partial charge on any atom is 0.348 e. The van der Waals surface area contributed by atoms with E-state index < -0.39 is 5.97 Å². The number of hydrogen-bond donors (Lipinski definition) is 2. The Morgan fingerprint density at radius 1 is 1.40 bits per heavy atom. The molecule has 0 spiro atoms. The second-order valence-corrected chi connectivity index (χ2v) is 5.58. The average molecular weight is 291 g/mol. The molecule has 104 valence electrons. The van der Waals surface area contributed by atoms with Crippen LogP contribution in [0.15, 0.2) is 28.2 Å². The molecule has 0 unspecified atom stereocenters. The van der Waals surface area contributed by atoms with E-state index in [1.807, 2.05) is 18.2 Å². The van der Waals surface area contributed by atoms with Crippen LogP contribution in [-0.4, -0.2) is 31.6 Å². The van der Waals surface area contributed by atoms with Crippen LogP contribution in [0.2, 0.25) is 0 Å². The summed E-state index contributed by atoms with van der Waals surface area (Å²) in [5, 5.41) is 15.3. The molecule has 6 nitrogen and oxygen atoms in total. The number of rotatable bonds is 4. The standard InChI is InChI=1S/C13H13N3O3S/c17-11(18)7-20-13-15-14-12(19)16(13)10-5-4-8-2-1-3-9(8)6-10/h4-6H,1-3,7H2,(H,14,19)(H,17,18). The third kappa shape index (κ3) is 2.36. The van der Waals surface area contributed by atoms with Gasteiger partial charge < -0.3 is 5.11 Å². The second-order valence-electron chi connectivity index (χ2n) is 4.64. The fourth-order valence-corrected chi connectivity index (χ4v) is 3.11. The zero-order chi connectivity index (χ0) is 14.1. The van der Waals surface area contributed by atoms with Gasteiger partial charge in [0.1, 0.15) is 0 Å². The van der Waals surface area contributed by atoms with Gasteiger partial charge in [-0.25, -0.2) is 14.5 Å². The molecule has 3 rings (SSSR count). The predicted molar refractivity (Wildman–Crippen MR) is 74.6 cm³/mol. The van der Waals surface area contributed by atoms with Crippen molar-refractivity contribution in [3.05, 3.63) is 39.8 Å². The van der Waals surface area contributed by atoms with Crippen molar-refractivity contribution in [1.29, 1.82) is 0 Å². The van der Waals surface area contributed by atoms with Gasteiger partial charge in [0.05, 0.1) is 11.4 Å². The monoisotopic (exact) mass is 291 g/mol. The van der Waals surface area contributed by atoms with Crippen LogP contribution in [0.5, 0.6) is 0 Å². The zero-order valence-corrected chi connectivity index (χ0v) is 11.4. The zero-order valence-electron chi connectivity index (χ0n) is 10.6. The lowest BCUT2D eigenvalue weighted by Crippen LogP contribution is -2.16. The van der Waals surface area contributed by atoms with E-state index in [0.29, 0.717) is 5.16 Å². The van der Waals surface area contributed by atoms with Gasteiger partial charge in [-0.3, -0.25) is 4.79 Å². The SMILES string of the molecule is O=C(O)CSc1n[nH]c(=O)n1-c1ccc2c(c1)CCC2. The molecule has 0 amide bonds. The highest BCUT2D eigenvalue weighted by Crippen LogP contribution is 2.25. The number of aliphatic carboxylic acids is 1. The van der Waals surface area contributed by atoms with E-state index in [1.165, 1.54) is 15.7 Å². The van der Waals surface area contributed by atoms with Gasteiger partial charge in [-0.15, -0.1) is 5.10 Å². The van der Waals surface area contributed by atoms with Gasteiger partial charge in [0.2, 0.25) is 0 Å². The van der Waals surface area contributed by atoms with E-state index in [0.717, 1.165) is 36.7 Å². The summed E-state index contributed by atoms with van der Waals surface area (Å²) in [6, 6.07) is 5.90. The summed E-state index contributed by atoms with van der Waals surface area (Å²) in [5.74, 6) is -1.07. The van der Waals surface area contributed by atoms with Crippen LogP contribution in [0.1, 0.15) is 17.5 Å². The van der Waals surface area contributed by atoms with E-state index in [1.54, 1.807) is 0 Å². The molecule has 2 N–H and O–H groups in total. The molecule has 1 aromatic heterocycles. The van der Waals surface area contributed by atoms with Crippen LogP contribution >= 0.6 is 11.8 Å². The number of fused-ring (bicyclic) bond motifs is 1. The van der Waals surface area contributed by atoms with E-state index >= 15 is 0 Å². The lowest BCUT2D eigenvalue weighted by Gasteiger charge is -2.07. The highest BCUT2D eigenvalue weighted by atomic mass is 32.2. The molecule has 0 aliphatic heterocycles. The third-order valence-corrected chi connectivity index (χ3v) is 4.23. The number of carboxylic acids is 1. The predicted octanol–water partition coefficient (Wildman–Crippen LogP) is 1.23. The molecule has 2 aromatic rings. The number of thioether (sulfide) groups is 1. The van der Waals surface area contributed by atoms with Gasteiger partial charge in [0.25, 0.3) is 0 Å². The molecule has 7 heteroatoms. The van der Waals surface area contributed by atoms with Crippen LogP contribution in [0, 0.1) is 0 Å². The minimum atomic E-state index is -0.939. The summed E-state index contributed by atoms with van der Waals surface area (Å²) < 4.78 is 1.42. The maximum absolute atomic E-state index is 11.9. The molecule has 0 bridgehead atoms. The van der Waals surface area contributed by atoms with Gasteiger partial charge in [0, 0.05) is 0 Å². The number of benzene rings is 1. The number of aromatic amines is 1. The minimum absolute atomic E-state index is 0.130. The summed E-state index contributed by atoms with van der Waals surface area (Å²) in [5.41, 5.74) is 2.96. The smallest absolute Gasteiger partial charge is 0.348 e. The van der Waals surface area contributed by atoms with Crippen LogP contribution in [0.4, 0.5) is 0 Å². The first-order valence-corrected chi connectivity index (χ1v) is 7.28. The quantitative estimate of drug-likeness (QED) is 0.827. The summed E-state index contributed by atoms with van der Waals surface area (Å²) >= 11 is 1.03. The van der Waals surface area contributed by atoms with Crippen molar-refractivity contribution in [1.82, 2.24) is 14.8 Å². The Labute approximate surface area is 118 Å². The van der Waals surface area contributed by atoms with E-state index in [-0.39, 0.29) is 11.4 Å². The number of carbonyl (C=O) groups is 1. The number of nitrogens with one attached hydrogen (secondary N) is 1. The van der Waals surface area contributed by atoms with Gasteiger partial charge >= 0.3 is 11.7 Å². The largest absolute Gasteiger partial charge is 0.481 e. The number of H-pyrrole nitrogens is 1. The van der Waals surface area contributed by atoms with Crippen molar-refractivity contribution in [2.45, 2.75) is 24.4 Å². The molecule has 1 aliphatic rings. The number of carboxylic acid groups (broad SMARTS) is 1. The van der Waals surface area contributed by atoms with Crippen molar-refractivity contribution < 1.29 is 9.90 Å². The van der Waals surface area contributed by atoms with Crippen molar-refractivity contribution in [3.8, 4) is 5.69 Å². The molecular formula is C13H13N3O3S. The number of hydrogen-bond acceptors (Lipinski definition) is 4. The first kappa shape index (κ1) is 13.0. The topological polar surface area (TPSA) is 88.0 Å². The minimum Gasteiger partial charge on any atom is -0.481 e. The molecule has 0 radical (unpaired) electrons. The third-order valence-electron chi connectivity index (χ3n) is 3.31. The van der Waals surface area contributed by atoms with Gasteiger partial charge in [0.15, 0.2) is 5.16 Å². The molecule has 0 saturated heterocycles. The lowest BCUT2D eigenvalue weighted by atomic mass is 10.1. The van der Waals surface area contributed by atoms with Gasteiger partial charge in [-0.2, -0.15) is 0 Å². The maximum atomic E-state index is 11.9. The Hall–Kier alpha value is -2.02. The molecule has 0 fully saturated rings. The Bertz CT molecular complexity index is 720. The van der Waals surface area contributed by atoms with Crippen LogP contribution in [-0.2, 0) is 17.6 Å². The summed E-state index contributed by atoms with van der Waals surface area (Å²) in [6.45, 7) is 0. The van der Waals surface area contributed by atoms with Crippen LogP contribution in [0.3, 0.4) is 0 Å². The highest BCUT2D eigenvalue weighted by molar-refractivity contribution is 7.99. The second kappa shape index (κ2) is 5.16. The fourth-order valence-electron chi connectivity index (χ4n) is 2.43. The Morgan fingerprint density at radius 3 is 3.00 bits per heavy atom. The fraction of sp³-hybridized carbons (Fsp3) is 0.308. The van der Waals surface area contributed by atoms with E-state index in [2.05, 4.69) is 10.2 Å². The molecule has 20 heavy (non-hydrogen) atoms. The Kier molecular flexibility index (Phi) is 3.35. The van der Waals surface area contributed by atoms with Gasteiger partial charge in [-0.1, -0.05) is 17.8 Å². The molecule has 1 aliphatic carbocycles. The Balaban J connectivity index is 1.99. The van der Waals surface area contributed by atoms with Crippen LogP contribution < -0.4 is 5.69 Å². The van der Waals surface area contributed by atoms with Crippen molar-refractivity contribution in [3.63, 3.8) is 0 Å². The first-order chi connectivity index (χ1) is 9.65. The summed E-state index contributed by atoms with van der Waals surface area (Å²) in [4.78, 5) is 22.5. The lowest BCUT2D eigenvalue weighted by molar-refractivity contribution is -0.133. The molecule has 0 saturated carbocycles. The molecule has 0 atom stereocenters. The first-order valence-electron chi connectivity index (χ1n) is 6.29. The van der Waals surface area contributed by atoms with Gasteiger partial charge in [-0.05, 0) is 42.5 Å². The van der Waals surface area contributed by atoms with Crippen LogP contribution in [0.25, 0.3) is 5.69 Å². The molecular weight excluding hydrogens is 278 g/mol. The van der Waals surface area contributed by atoms with E-state index in [9.17, 15) is 9.59 Å². The average Bonchev–Trinajstić information content (AvgIpc) is 3.01. The molecule has 1 aromatic carbocycles. The summed E-state index contributed by atoms with van der Waals surface area (Å²) in [7, 11) is 0. The van der Waals surface area contributed by atoms with Crippen molar-refractivity contribution in [2.24, 2.45) is 0 Å². The summed E-state index contributed by atoms with van der Waals surface area (Å²) in [6.07, 6.45) is 3.24. The van der Waals surface area contributed by atoms with E-state index in [4.69, 9.17) is 5.11 Å². The Morgan fingerprint density at radius 2 is 2.20 bits per heavy atom. The van der Waals surface area contributed by atoms with Crippen molar-refractivity contribution in [2.75, 3.05) is 5.75 Å².